The Balaban J connectivity index is 1.98. The van der Waals surface area contributed by atoms with Crippen molar-refractivity contribution in [3.8, 4) is 22.6 Å². The van der Waals surface area contributed by atoms with Gasteiger partial charge in [-0.05, 0) is 35.4 Å². The lowest BCUT2D eigenvalue weighted by Gasteiger charge is -2.09. The molecule has 92 valence electrons. The summed E-state index contributed by atoms with van der Waals surface area (Å²) in [4.78, 5) is 0. The molecule has 2 aromatic rings. The predicted octanol–water partition coefficient (Wildman–Crippen LogP) is 4.17. The number of halogens is 1. The first-order chi connectivity index (χ1) is 8.83. The van der Waals surface area contributed by atoms with Crippen LogP contribution < -0.4 is 9.47 Å². The summed E-state index contributed by atoms with van der Waals surface area (Å²) in [7, 11) is 0. The fourth-order valence-corrected chi connectivity index (χ4v) is 2.11. The van der Waals surface area contributed by atoms with Crippen LogP contribution in [0.15, 0.2) is 42.5 Å². The van der Waals surface area contributed by atoms with Crippen LogP contribution in [-0.2, 0) is 0 Å². The second kappa shape index (κ2) is 4.91. The molecule has 1 aliphatic heterocycles. The molecule has 0 N–H and O–H groups in total. The van der Waals surface area contributed by atoms with Crippen molar-refractivity contribution in [1.29, 1.82) is 0 Å². The van der Waals surface area contributed by atoms with Gasteiger partial charge in [0.2, 0.25) is 0 Å². The maximum Gasteiger partial charge on any atom is 0.161 e. The third-order valence-electron chi connectivity index (χ3n) is 2.93. The summed E-state index contributed by atoms with van der Waals surface area (Å²) in [5, 5.41) is 0.744. The molecule has 0 atom stereocenters. The molecule has 0 saturated carbocycles. The Hall–Kier alpha value is -1.67. The zero-order valence-corrected chi connectivity index (χ0v) is 10.6. The first-order valence-corrected chi connectivity index (χ1v) is 6.36. The quantitative estimate of drug-likeness (QED) is 0.766. The molecule has 18 heavy (non-hydrogen) atoms. The third-order valence-corrected chi connectivity index (χ3v) is 3.18. The van der Waals surface area contributed by atoms with Gasteiger partial charge in [-0.2, -0.15) is 0 Å². The van der Waals surface area contributed by atoms with Gasteiger partial charge in [0.1, 0.15) is 0 Å². The summed E-state index contributed by atoms with van der Waals surface area (Å²) in [6.07, 6.45) is 0.922. The SMILES string of the molecule is Clc1ccc(-c2ccc3c(c2)OCCCO3)cc1. The van der Waals surface area contributed by atoms with Crippen molar-refractivity contribution in [3.63, 3.8) is 0 Å². The van der Waals surface area contributed by atoms with Crippen molar-refractivity contribution in [2.45, 2.75) is 6.42 Å². The van der Waals surface area contributed by atoms with Crippen LogP contribution in [0.25, 0.3) is 11.1 Å². The average Bonchev–Trinajstić information content (AvgIpc) is 2.64. The van der Waals surface area contributed by atoms with Gasteiger partial charge < -0.3 is 9.47 Å². The Morgan fingerprint density at radius 3 is 2.22 bits per heavy atom. The smallest absolute Gasteiger partial charge is 0.161 e. The van der Waals surface area contributed by atoms with E-state index in [0.29, 0.717) is 13.2 Å². The monoisotopic (exact) mass is 260 g/mol. The molecule has 3 rings (SSSR count). The predicted molar refractivity (Wildman–Crippen MR) is 72.5 cm³/mol. The minimum Gasteiger partial charge on any atom is -0.490 e. The van der Waals surface area contributed by atoms with Crippen LogP contribution in [0.1, 0.15) is 6.42 Å². The highest BCUT2D eigenvalue weighted by atomic mass is 35.5. The molecule has 3 heteroatoms. The van der Waals surface area contributed by atoms with Gasteiger partial charge in [0, 0.05) is 11.4 Å². The Bertz CT molecular complexity index is 549. The van der Waals surface area contributed by atoms with Crippen LogP contribution in [-0.4, -0.2) is 13.2 Å². The lowest BCUT2D eigenvalue weighted by Crippen LogP contribution is -1.97. The summed E-state index contributed by atoms with van der Waals surface area (Å²) < 4.78 is 11.3. The minimum absolute atomic E-state index is 0.705. The topological polar surface area (TPSA) is 18.5 Å². The zero-order chi connectivity index (χ0) is 12.4. The molecular formula is C15H13ClO2. The normalized spacial score (nSPS) is 14.1. The van der Waals surface area contributed by atoms with Gasteiger partial charge in [0.05, 0.1) is 13.2 Å². The molecule has 0 bridgehead atoms. The van der Waals surface area contributed by atoms with Gasteiger partial charge in [0.15, 0.2) is 11.5 Å². The molecule has 1 heterocycles. The first-order valence-electron chi connectivity index (χ1n) is 5.98. The standard InChI is InChI=1S/C15H13ClO2/c16-13-5-2-11(3-6-13)12-4-7-14-15(10-12)18-9-1-8-17-14/h2-7,10H,1,8-9H2. The minimum atomic E-state index is 0.705. The number of hydrogen-bond donors (Lipinski definition) is 0. The molecule has 0 fully saturated rings. The van der Waals surface area contributed by atoms with Crippen molar-refractivity contribution in [2.75, 3.05) is 13.2 Å². The molecule has 0 unspecified atom stereocenters. The van der Waals surface area contributed by atoms with Gasteiger partial charge >= 0.3 is 0 Å². The van der Waals surface area contributed by atoms with Gasteiger partial charge in [0.25, 0.3) is 0 Å². The Labute approximate surface area is 111 Å². The second-order valence-corrected chi connectivity index (χ2v) is 4.66. The number of rotatable bonds is 1. The Kier molecular flexibility index (Phi) is 3.11. The summed E-state index contributed by atoms with van der Waals surface area (Å²) in [6, 6.07) is 13.8. The van der Waals surface area contributed by atoms with Gasteiger partial charge in [-0.25, -0.2) is 0 Å². The number of ether oxygens (including phenoxy) is 2. The second-order valence-electron chi connectivity index (χ2n) is 4.22. The third kappa shape index (κ3) is 2.29. The van der Waals surface area contributed by atoms with Crippen molar-refractivity contribution in [3.05, 3.63) is 47.5 Å². The lowest BCUT2D eigenvalue weighted by molar-refractivity contribution is 0.297. The maximum atomic E-state index is 5.89. The van der Waals surface area contributed by atoms with Crippen LogP contribution in [0, 0.1) is 0 Å². The van der Waals surface area contributed by atoms with E-state index in [9.17, 15) is 0 Å². The molecule has 0 amide bonds. The average molecular weight is 261 g/mol. The number of benzene rings is 2. The van der Waals surface area contributed by atoms with Crippen molar-refractivity contribution < 1.29 is 9.47 Å². The van der Waals surface area contributed by atoms with E-state index in [0.717, 1.165) is 34.1 Å². The van der Waals surface area contributed by atoms with Crippen LogP contribution in [0.3, 0.4) is 0 Å². The van der Waals surface area contributed by atoms with E-state index in [2.05, 4.69) is 0 Å². The highest BCUT2D eigenvalue weighted by Crippen LogP contribution is 2.34. The van der Waals surface area contributed by atoms with E-state index in [-0.39, 0.29) is 0 Å². The highest BCUT2D eigenvalue weighted by Gasteiger charge is 2.11. The largest absolute Gasteiger partial charge is 0.490 e. The van der Waals surface area contributed by atoms with Crippen molar-refractivity contribution in [1.82, 2.24) is 0 Å². The summed E-state index contributed by atoms with van der Waals surface area (Å²) >= 11 is 5.89. The van der Waals surface area contributed by atoms with Gasteiger partial charge in [-0.15, -0.1) is 0 Å². The van der Waals surface area contributed by atoms with E-state index in [1.807, 2.05) is 42.5 Å². The van der Waals surface area contributed by atoms with Crippen LogP contribution >= 0.6 is 11.6 Å². The van der Waals surface area contributed by atoms with Gasteiger partial charge in [-0.1, -0.05) is 29.8 Å². The molecule has 0 spiro atoms. The van der Waals surface area contributed by atoms with E-state index < -0.39 is 0 Å². The van der Waals surface area contributed by atoms with Crippen LogP contribution in [0.5, 0.6) is 11.5 Å². The van der Waals surface area contributed by atoms with Gasteiger partial charge in [-0.3, -0.25) is 0 Å². The highest BCUT2D eigenvalue weighted by molar-refractivity contribution is 6.30. The van der Waals surface area contributed by atoms with Crippen LogP contribution in [0.2, 0.25) is 5.02 Å². The maximum absolute atomic E-state index is 5.89. The molecule has 0 saturated heterocycles. The molecular weight excluding hydrogens is 248 g/mol. The molecule has 2 aromatic carbocycles. The van der Waals surface area contributed by atoms with E-state index in [4.69, 9.17) is 21.1 Å². The summed E-state index contributed by atoms with van der Waals surface area (Å²) in [5.74, 6) is 1.64. The molecule has 0 aliphatic carbocycles. The fraction of sp³-hybridized carbons (Fsp3) is 0.200. The lowest BCUT2D eigenvalue weighted by atomic mass is 10.1. The van der Waals surface area contributed by atoms with E-state index in [1.54, 1.807) is 0 Å². The summed E-state index contributed by atoms with van der Waals surface area (Å²) in [5.41, 5.74) is 2.23. The Morgan fingerprint density at radius 2 is 1.44 bits per heavy atom. The van der Waals surface area contributed by atoms with Crippen LogP contribution in [0.4, 0.5) is 0 Å². The molecule has 2 nitrogen and oxygen atoms in total. The number of hydrogen-bond acceptors (Lipinski definition) is 2. The number of fused-ring (bicyclic) bond motifs is 1. The first kappa shape index (κ1) is 11.4. The van der Waals surface area contributed by atoms with E-state index >= 15 is 0 Å². The summed E-state index contributed by atoms with van der Waals surface area (Å²) in [6.45, 7) is 1.42. The fourth-order valence-electron chi connectivity index (χ4n) is 1.99. The molecule has 0 aromatic heterocycles. The molecule has 0 radical (unpaired) electrons. The van der Waals surface area contributed by atoms with Crippen molar-refractivity contribution in [2.24, 2.45) is 0 Å². The van der Waals surface area contributed by atoms with Crippen molar-refractivity contribution >= 4 is 11.6 Å². The van der Waals surface area contributed by atoms with E-state index in [1.165, 1.54) is 0 Å². The Morgan fingerprint density at radius 1 is 0.778 bits per heavy atom. The molecule has 1 aliphatic rings. The zero-order valence-electron chi connectivity index (χ0n) is 9.86.